The Morgan fingerprint density at radius 1 is 1.03 bits per heavy atom. The van der Waals surface area contributed by atoms with Crippen molar-refractivity contribution in [3.05, 3.63) is 89.9 Å². The summed E-state index contributed by atoms with van der Waals surface area (Å²) in [7, 11) is 0. The Morgan fingerprint density at radius 2 is 1.73 bits per heavy atom. The van der Waals surface area contributed by atoms with Gasteiger partial charge in [-0.25, -0.2) is 10.1 Å². The first kappa shape index (κ1) is 19.3. The van der Waals surface area contributed by atoms with E-state index in [1.54, 1.807) is 15.6 Å². The van der Waals surface area contributed by atoms with Gasteiger partial charge in [0, 0.05) is 23.0 Å². The van der Waals surface area contributed by atoms with Crippen molar-refractivity contribution in [3.8, 4) is 16.9 Å². The minimum absolute atomic E-state index is 0.117. The molecule has 7 heteroatoms. The molecule has 4 aromatic rings. The highest BCUT2D eigenvalue weighted by Gasteiger charge is 2.11. The molecule has 0 saturated carbocycles. The van der Waals surface area contributed by atoms with Crippen molar-refractivity contribution in [2.24, 2.45) is 5.10 Å². The molecule has 150 valence electrons. The maximum absolute atomic E-state index is 12.2. The third kappa shape index (κ3) is 4.35. The number of rotatable bonds is 6. The van der Waals surface area contributed by atoms with Crippen LogP contribution in [0.1, 0.15) is 17.0 Å². The van der Waals surface area contributed by atoms with Gasteiger partial charge in [-0.3, -0.25) is 9.48 Å². The standard InChI is InChI=1S/C23H22N6O/c1-17-13-18(2)28(26-17)16-22(30)25-24-14-20-15-29(21-11-7-4-8-12-21)27-23(20)19-9-5-3-6-10-19/h3-15H,16H2,1-2H3,(H,25,30)/b24-14-. The quantitative estimate of drug-likeness (QED) is 0.399. The fourth-order valence-electron chi connectivity index (χ4n) is 3.20. The lowest BCUT2D eigenvalue weighted by molar-refractivity contribution is -0.121. The number of hydrogen-bond donors (Lipinski definition) is 1. The minimum Gasteiger partial charge on any atom is -0.271 e. The molecule has 0 atom stereocenters. The van der Waals surface area contributed by atoms with Crippen LogP contribution in [0.25, 0.3) is 16.9 Å². The summed E-state index contributed by atoms with van der Waals surface area (Å²) in [4.78, 5) is 12.2. The zero-order valence-electron chi connectivity index (χ0n) is 16.9. The number of nitrogens with one attached hydrogen (secondary N) is 1. The molecule has 0 bridgehead atoms. The van der Waals surface area contributed by atoms with Gasteiger partial charge in [-0.15, -0.1) is 0 Å². The number of aromatic nitrogens is 4. The van der Waals surface area contributed by atoms with Crippen molar-refractivity contribution in [3.63, 3.8) is 0 Å². The molecule has 2 heterocycles. The molecule has 4 rings (SSSR count). The van der Waals surface area contributed by atoms with Gasteiger partial charge in [0.2, 0.25) is 0 Å². The summed E-state index contributed by atoms with van der Waals surface area (Å²) < 4.78 is 3.46. The van der Waals surface area contributed by atoms with E-state index in [0.29, 0.717) is 0 Å². The smallest absolute Gasteiger partial charge is 0.261 e. The molecule has 0 aliphatic rings. The zero-order chi connectivity index (χ0) is 20.9. The molecule has 0 radical (unpaired) electrons. The van der Waals surface area contributed by atoms with Crippen LogP contribution < -0.4 is 5.43 Å². The number of nitrogens with zero attached hydrogens (tertiary/aromatic N) is 5. The number of amides is 1. The van der Waals surface area contributed by atoms with Gasteiger partial charge in [-0.1, -0.05) is 48.5 Å². The molecule has 30 heavy (non-hydrogen) atoms. The summed E-state index contributed by atoms with van der Waals surface area (Å²) in [5, 5.41) is 13.2. The lowest BCUT2D eigenvalue weighted by Gasteiger charge is -2.02. The number of para-hydroxylation sites is 1. The second-order valence-corrected chi connectivity index (χ2v) is 6.96. The summed E-state index contributed by atoms with van der Waals surface area (Å²) in [6, 6.07) is 21.7. The predicted molar refractivity (Wildman–Crippen MR) is 116 cm³/mol. The second kappa shape index (κ2) is 8.57. The number of hydrogen-bond acceptors (Lipinski definition) is 4. The van der Waals surface area contributed by atoms with E-state index in [4.69, 9.17) is 5.10 Å². The first-order chi connectivity index (χ1) is 14.6. The number of hydrazone groups is 1. The van der Waals surface area contributed by atoms with Crippen molar-refractivity contribution in [2.75, 3.05) is 0 Å². The Bertz CT molecular complexity index is 1180. The van der Waals surface area contributed by atoms with Crippen molar-refractivity contribution in [1.82, 2.24) is 25.0 Å². The largest absolute Gasteiger partial charge is 0.271 e. The lowest BCUT2D eigenvalue weighted by Crippen LogP contribution is -2.24. The van der Waals surface area contributed by atoms with Crippen molar-refractivity contribution in [1.29, 1.82) is 0 Å². The highest BCUT2D eigenvalue weighted by atomic mass is 16.2. The predicted octanol–water partition coefficient (Wildman–Crippen LogP) is 3.50. The van der Waals surface area contributed by atoms with Gasteiger partial charge < -0.3 is 0 Å². The molecule has 0 aliphatic carbocycles. The Kier molecular flexibility index (Phi) is 5.52. The SMILES string of the molecule is Cc1cc(C)n(CC(=O)N/N=C\c2cn(-c3ccccc3)nc2-c2ccccc2)n1. The van der Waals surface area contributed by atoms with Crippen molar-refractivity contribution < 1.29 is 4.79 Å². The maximum atomic E-state index is 12.2. The third-order valence-electron chi connectivity index (χ3n) is 4.60. The lowest BCUT2D eigenvalue weighted by atomic mass is 10.1. The average Bonchev–Trinajstić information content (AvgIpc) is 3.32. The Morgan fingerprint density at radius 3 is 2.40 bits per heavy atom. The summed E-state index contributed by atoms with van der Waals surface area (Å²) in [5.74, 6) is -0.242. The van der Waals surface area contributed by atoms with Gasteiger partial charge in [-0.05, 0) is 32.0 Å². The van der Waals surface area contributed by atoms with Gasteiger partial charge in [0.05, 0.1) is 17.6 Å². The molecule has 0 spiro atoms. The van der Waals surface area contributed by atoms with Gasteiger partial charge in [0.15, 0.2) is 0 Å². The summed E-state index contributed by atoms with van der Waals surface area (Å²) in [6.07, 6.45) is 3.52. The maximum Gasteiger partial charge on any atom is 0.261 e. The monoisotopic (exact) mass is 398 g/mol. The number of carbonyl (C=O) groups is 1. The third-order valence-corrected chi connectivity index (χ3v) is 4.60. The van der Waals surface area contributed by atoms with Crippen molar-refractivity contribution >= 4 is 12.1 Å². The van der Waals surface area contributed by atoms with E-state index >= 15 is 0 Å². The van der Waals surface area contributed by atoms with Gasteiger partial charge >= 0.3 is 0 Å². The molecular weight excluding hydrogens is 376 g/mol. The Labute approximate surface area is 174 Å². The van der Waals surface area contributed by atoms with Crippen LogP contribution in [0.5, 0.6) is 0 Å². The van der Waals surface area contributed by atoms with E-state index in [-0.39, 0.29) is 12.5 Å². The van der Waals surface area contributed by atoms with Crippen LogP contribution in [0.2, 0.25) is 0 Å². The van der Waals surface area contributed by atoms with Crippen LogP contribution in [0, 0.1) is 13.8 Å². The zero-order valence-corrected chi connectivity index (χ0v) is 16.9. The molecule has 2 aromatic carbocycles. The molecule has 1 N–H and O–H groups in total. The van der Waals surface area contributed by atoms with Crippen LogP contribution in [-0.2, 0) is 11.3 Å². The molecule has 1 amide bonds. The van der Waals surface area contributed by atoms with Crippen LogP contribution in [0.15, 0.2) is 78.0 Å². The number of carbonyl (C=O) groups excluding carboxylic acids is 1. The molecular formula is C23H22N6O. The molecule has 0 fully saturated rings. The normalized spacial score (nSPS) is 11.1. The van der Waals surface area contributed by atoms with Crippen LogP contribution >= 0.6 is 0 Å². The van der Waals surface area contributed by atoms with E-state index in [0.717, 1.165) is 33.9 Å². The van der Waals surface area contributed by atoms with Gasteiger partial charge in [-0.2, -0.15) is 15.3 Å². The highest BCUT2D eigenvalue weighted by molar-refractivity contribution is 5.89. The van der Waals surface area contributed by atoms with E-state index in [9.17, 15) is 4.79 Å². The molecule has 2 aromatic heterocycles. The Balaban J connectivity index is 1.55. The first-order valence-electron chi connectivity index (χ1n) is 9.63. The summed E-state index contributed by atoms with van der Waals surface area (Å²) in [6.45, 7) is 3.93. The van der Waals surface area contributed by atoms with Crippen LogP contribution in [0.4, 0.5) is 0 Å². The number of benzene rings is 2. The van der Waals surface area contributed by atoms with E-state index < -0.39 is 0 Å². The van der Waals surface area contributed by atoms with Gasteiger partial charge in [0.1, 0.15) is 12.2 Å². The summed E-state index contributed by atoms with van der Waals surface area (Å²) >= 11 is 0. The topological polar surface area (TPSA) is 77.1 Å². The number of aryl methyl sites for hydroxylation is 2. The van der Waals surface area contributed by atoms with Gasteiger partial charge in [0.25, 0.3) is 5.91 Å². The van der Waals surface area contributed by atoms with Crippen LogP contribution in [0.3, 0.4) is 0 Å². The van der Waals surface area contributed by atoms with Crippen molar-refractivity contribution in [2.45, 2.75) is 20.4 Å². The minimum atomic E-state index is -0.242. The molecule has 7 nitrogen and oxygen atoms in total. The molecule has 0 aliphatic heterocycles. The van der Waals surface area contributed by atoms with E-state index in [1.807, 2.05) is 86.8 Å². The molecule has 0 saturated heterocycles. The Hall–Kier alpha value is -4.00. The first-order valence-corrected chi connectivity index (χ1v) is 9.63. The van der Waals surface area contributed by atoms with E-state index in [1.165, 1.54) is 0 Å². The van der Waals surface area contributed by atoms with Crippen LogP contribution in [-0.4, -0.2) is 31.7 Å². The average molecular weight is 398 g/mol. The van der Waals surface area contributed by atoms with E-state index in [2.05, 4.69) is 15.6 Å². The molecule has 0 unspecified atom stereocenters. The summed E-state index contributed by atoms with van der Waals surface area (Å²) in [5.41, 5.74) is 7.90. The fourth-order valence-corrected chi connectivity index (χ4v) is 3.20. The highest BCUT2D eigenvalue weighted by Crippen LogP contribution is 2.22. The second-order valence-electron chi connectivity index (χ2n) is 6.96. The fraction of sp³-hybridized carbons (Fsp3) is 0.130.